The van der Waals surface area contributed by atoms with Gasteiger partial charge in [-0.15, -0.1) is 0 Å². The van der Waals surface area contributed by atoms with E-state index >= 15 is 0 Å². The molecule has 0 aromatic carbocycles. The van der Waals surface area contributed by atoms with Crippen LogP contribution in [-0.4, -0.2) is 55.9 Å². The van der Waals surface area contributed by atoms with Gasteiger partial charge in [0.2, 0.25) is 10.0 Å². The van der Waals surface area contributed by atoms with Crippen molar-refractivity contribution in [1.82, 2.24) is 4.31 Å². The third-order valence-electron chi connectivity index (χ3n) is 3.09. The summed E-state index contributed by atoms with van der Waals surface area (Å²) >= 11 is 0. The molecule has 1 aliphatic rings. The fourth-order valence-corrected chi connectivity index (χ4v) is 3.01. The minimum absolute atomic E-state index is 0.254. The van der Waals surface area contributed by atoms with Crippen molar-refractivity contribution >= 4 is 16.0 Å². The number of rotatable bonds is 5. The van der Waals surface area contributed by atoms with Crippen LogP contribution in [0.1, 0.15) is 19.8 Å². The van der Waals surface area contributed by atoms with Gasteiger partial charge in [-0.05, 0) is 25.7 Å². The van der Waals surface area contributed by atoms with E-state index in [4.69, 9.17) is 9.84 Å². The quantitative estimate of drug-likeness (QED) is 0.765. The van der Waals surface area contributed by atoms with Crippen molar-refractivity contribution in [1.29, 1.82) is 0 Å². The van der Waals surface area contributed by atoms with Crippen molar-refractivity contribution in [3.8, 4) is 0 Å². The molecule has 0 amide bonds. The molecule has 1 aliphatic heterocycles. The average molecular weight is 265 g/mol. The maximum atomic E-state index is 11.9. The SMILES string of the molecule is CC(C(=O)O)S(=O)(=O)N(C)CC1CCOCC1. The van der Waals surface area contributed by atoms with Crippen LogP contribution in [0, 0.1) is 5.92 Å². The zero-order valence-electron chi connectivity index (χ0n) is 10.1. The molecule has 0 aromatic heterocycles. The van der Waals surface area contributed by atoms with Gasteiger partial charge in [0, 0.05) is 26.8 Å². The Morgan fingerprint density at radius 3 is 2.47 bits per heavy atom. The normalized spacial score (nSPS) is 20.4. The third kappa shape index (κ3) is 3.65. The van der Waals surface area contributed by atoms with E-state index in [-0.39, 0.29) is 5.92 Å². The summed E-state index contributed by atoms with van der Waals surface area (Å²) in [6.07, 6.45) is 1.64. The Bertz CT molecular complexity index is 361. The number of aliphatic carboxylic acids is 1. The van der Waals surface area contributed by atoms with E-state index in [2.05, 4.69) is 0 Å². The van der Waals surface area contributed by atoms with Crippen LogP contribution >= 0.6 is 0 Å². The molecule has 1 unspecified atom stereocenters. The van der Waals surface area contributed by atoms with Gasteiger partial charge in [-0.3, -0.25) is 4.79 Å². The molecule has 1 fully saturated rings. The molecule has 1 atom stereocenters. The predicted molar refractivity (Wildman–Crippen MR) is 62.2 cm³/mol. The highest BCUT2D eigenvalue weighted by Gasteiger charge is 2.32. The summed E-state index contributed by atoms with van der Waals surface area (Å²) in [5, 5.41) is 7.35. The van der Waals surface area contributed by atoms with Gasteiger partial charge in [-0.2, -0.15) is 0 Å². The van der Waals surface area contributed by atoms with Crippen LogP contribution in [0.5, 0.6) is 0 Å². The van der Waals surface area contributed by atoms with Gasteiger partial charge in [0.05, 0.1) is 0 Å². The molecule has 6 nitrogen and oxygen atoms in total. The number of ether oxygens (including phenoxy) is 1. The first-order chi connectivity index (χ1) is 7.85. The third-order valence-corrected chi connectivity index (χ3v) is 5.20. The van der Waals surface area contributed by atoms with Crippen LogP contribution in [0.15, 0.2) is 0 Å². The predicted octanol–water partition coefficient (Wildman–Crippen LogP) is 0.148. The number of carboxylic acids is 1. The molecule has 0 radical (unpaired) electrons. The van der Waals surface area contributed by atoms with Crippen LogP contribution < -0.4 is 0 Å². The zero-order chi connectivity index (χ0) is 13.1. The van der Waals surface area contributed by atoms with E-state index < -0.39 is 21.2 Å². The number of carboxylic acid groups (broad SMARTS) is 1. The molecule has 1 saturated heterocycles. The van der Waals surface area contributed by atoms with Gasteiger partial charge < -0.3 is 9.84 Å². The number of sulfonamides is 1. The van der Waals surface area contributed by atoms with Crippen LogP contribution in [0.3, 0.4) is 0 Å². The van der Waals surface area contributed by atoms with Gasteiger partial charge in [0.15, 0.2) is 5.25 Å². The summed E-state index contributed by atoms with van der Waals surface area (Å²) in [7, 11) is -2.31. The van der Waals surface area contributed by atoms with Gasteiger partial charge >= 0.3 is 5.97 Å². The molecule has 0 aromatic rings. The van der Waals surface area contributed by atoms with Gasteiger partial charge in [-0.25, -0.2) is 12.7 Å². The van der Waals surface area contributed by atoms with Crippen molar-refractivity contribution in [3.63, 3.8) is 0 Å². The summed E-state index contributed by atoms with van der Waals surface area (Å²) < 4.78 is 30.1. The lowest BCUT2D eigenvalue weighted by atomic mass is 10.0. The van der Waals surface area contributed by atoms with E-state index in [1.54, 1.807) is 0 Å². The molecule has 0 spiro atoms. The molecule has 1 rings (SSSR count). The maximum Gasteiger partial charge on any atom is 0.323 e. The van der Waals surface area contributed by atoms with E-state index in [1.165, 1.54) is 14.0 Å². The average Bonchev–Trinajstić information content (AvgIpc) is 2.29. The van der Waals surface area contributed by atoms with Gasteiger partial charge in [0.25, 0.3) is 0 Å². The lowest BCUT2D eigenvalue weighted by molar-refractivity contribution is -0.136. The number of nitrogens with zero attached hydrogens (tertiary/aromatic N) is 1. The number of hydrogen-bond acceptors (Lipinski definition) is 4. The summed E-state index contributed by atoms with van der Waals surface area (Å²) in [5.41, 5.74) is 0. The molecule has 1 N–H and O–H groups in total. The highest BCUT2D eigenvalue weighted by Crippen LogP contribution is 2.18. The maximum absolute atomic E-state index is 11.9. The molecule has 17 heavy (non-hydrogen) atoms. The van der Waals surface area contributed by atoms with E-state index in [1.807, 2.05) is 0 Å². The first kappa shape index (κ1) is 14.4. The molecular weight excluding hydrogens is 246 g/mol. The molecule has 7 heteroatoms. The Balaban J connectivity index is 2.62. The fourth-order valence-electron chi connectivity index (χ4n) is 1.79. The highest BCUT2D eigenvalue weighted by atomic mass is 32.2. The smallest absolute Gasteiger partial charge is 0.323 e. The minimum Gasteiger partial charge on any atom is -0.480 e. The Labute approximate surface area is 102 Å². The van der Waals surface area contributed by atoms with Crippen LogP contribution in [0.2, 0.25) is 0 Å². The first-order valence-corrected chi connectivity index (χ1v) is 7.11. The second-order valence-electron chi connectivity index (χ2n) is 4.36. The van der Waals surface area contributed by atoms with Crippen molar-refractivity contribution in [2.24, 2.45) is 5.92 Å². The van der Waals surface area contributed by atoms with E-state index in [0.717, 1.165) is 17.1 Å². The lowest BCUT2D eigenvalue weighted by Crippen LogP contribution is -2.41. The Morgan fingerprint density at radius 1 is 1.47 bits per heavy atom. The second-order valence-corrected chi connectivity index (χ2v) is 6.72. The van der Waals surface area contributed by atoms with Crippen molar-refractivity contribution in [2.75, 3.05) is 26.8 Å². The summed E-state index contributed by atoms with van der Waals surface area (Å²) in [5.74, 6) is -1.06. The van der Waals surface area contributed by atoms with Gasteiger partial charge in [0.1, 0.15) is 0 Å². The zero-order valence-corrected chi connectivity index (χ0v) is 10.9. The van der Waals surface area contributed by atoms with Crippen LogP contribution in [-0.2, 0) is 19.6 Å². The van der Waals surface area contributed by atoms with Crippen molar-refractivity contribution in [2.45, 2.75) is 25.0 Å². The van der Waals surface area contributed by atoms with E-state index in [0.29, 0.717) is 19.8 Å². The second kappa shape index (κ2) is 5.79. The van der Waals surface area contributed by atoms with Crippen LogP contribution in [0.4, 0.5) is 0 Å². The molecule has 0 saturated carbocycles. The molecular formula is C10H19NO5S. The minimum atomic E-state index is -3.74. The molecule has 0 aliphatic carbocycles. The van der Waals surface area contributed by atoms with Gasteiger partial charge in [-0.1, -0.05) is 0 Å². The summed E-state index contributed by atoms with van der Waals surface area (Å²) in [4.78, 5) is 10.7. The Morgan fingerprint density at radius 2 is 2.00 bits per heavy atom. The number of carbonyl (C=O) groups is 1. The van der Waals surface area contributed by atoms with Crippen LogP contribution in [0.25, 0.3) is 0 Å². The highest BCUT2D eigenvalue weighted by molar-refractivity contribution is 7.90. The van der Waals surface area contributed by atoms with Crippen molar-refractivity contribution in [3.05, 3.63) is 0 Å². The standard InChI is InChI=1S/C10H19NO5S/c1-8(10(12)13)17(14,15)11(2)7-9-3-5-16-6-4-9/h8-9H,3-7H2,1-2H3,(H,12,13). The monoisotopic (exact) mass is 265 g/mol. The molecule has 100 valence electrons. The summed E-state index contributed by atoms with van der Waals surface area (Å²) in [6.45, 7) is 2.85. The lowest BCUT2D eigenvalue weighted by Gasteiger charge is -2.27. The Hall–Kier alpha value is -0.660. The Kier molecular flexibility index (Phi) is 4.91. The molecule has 1 heterocycles. The largest absolute Gasteiger partial charge is 0.480 e. The van der Waals surface area contributed by atoms with Crippen molar-refractivity contribution < 1.29 is 23.1 Å². The molecule has 0 bridgehead atoms. The number of hydrogen-bond donors (Lipinski definition) is 1. The fraction of sp³-hybridized carbons (Fsp3) is 0.900. The topological polar surface area (TPSA) is 83.9 Å². The summed E-state index contributed by atoms with van der Waals surface area (Å²) in [6, 6.07) is 0. The first-order valence-electron chi connectivity index (χ1n) is 5.61. The van der Waals surface area contributed by atoms with E-state index in [9.17, 15) is 13.2 Å².